The molecule has 3 N–H and O–H groups in total. The van der Waals surface area contributed by atoms with Gasteiger partial charge in [-0.25, -0.2) is 9.18 Å². The summed E-state index contributed by atoms with van der Waals surface area (Å²) < 4.78 is 12.8. The Kier molecular flexibility index (Phi) is 6.39. The lowest BCUT2D eigenvalue weighted by Gasteiger charge is -2.37. The Balaban J connectivity index is 0.00000208. The van der Waals surface area contributed by atoms with Gasteiger partial charge in [0.25, 0.3) is 0 Å². The minimum absolute atomic E-state index is 0. The number of hydrogen-bond donors (Lipinski definition) is 3. The number of nitrogens with one attached hydrogen (secondary N) is 3. The van der Waals surface area contributed by atoms with Crippen molar-refractivity contribution in [3.63, 3.8) is 0 Å². The Morgan fingerprint density at radius 2 is 1.75 bits per heavy atom. The molecule has 2 aliphatic heterocycles. The molecular weight excluding hydrogens is 335 g/mol. The van der Waals surface area contributed by atoms with E-state index in [-0.39, 0.29) is 42.1 Å². The lowest BCUT2D eigenvalue weighted by atomic mass is 9.98. The average molecular weight is 357 g/mol. The number of urea groups is 1. The predicted octanol–water partition coefficient (Wildman–Crippen LogP) is 1.58. The fraction of sp³-hybridized carbons (Fsp3) is 0.500. The molecule has 0 spiro atoms. The molecule has 1 aromatic rings. The van der Waals surface area contributed by atoms with Crippen molar-refractivity contribution in [2.24, 2.45) is 5.92 Å². The zero-order valence-corrected chi connectivity index (χ0v) is 14.1. The van der Waals surface area contributed by atoms with Crippen molar-refractivity contribution < 1.29 is 14.0 Å². The van der Waals surface area contributed by atoms with Gasteiger partial charge in [0.2, 0.25) is 5.91 Å². The topological polar surface area (TPSA) is 73.5 Å². The lowest BCUT2D eigenvalue weighted by Crippen LogP contribution is -2.55. The molecule has 0 aromatic heterocycles. The van der Waals surface area contributed by atoms with Crippen LogP contribution in [0.25, 0.3) is 0 Å². The molecule has 0 unspecified atom stereocenters. The van der Waals surface area contributed by atoms with Crippen LogP contribution >= 0.6 is 12.4 Å². The third kappa shape index (κ3) is 4.58. The average Bonchev–Trinajstić information content (AvgIpc) is 2.48. The van der Waals surface area contributed by atoms with Gasteiger partial charge in [-0.15, -0.1) is 12.4 Å². The molecule has 8 heteroatoms. The Morgan fingerprint density at radius 1 is 1.12 bits per heavy atom. The number of likely N-dealkylation sites (tertiary alicyclic amines) is 1. The van der Waals surface area contributed by atoms with Gasteiger partial charge >= 0.3 is 6.03 Å². The van der Waals surface area contributed by atoms with Gasteiger partial charge in [0.1, 0.15) is 5.82 Å². The second kappa shape index (κ2) is 8.30. The summed E-state index contributed by atoms with van der Waals surface area (Å²) in [5.74, 6) is 0.00825. The number of anilines is 1. The van der Waals surface area contributed by atoms with Crippen LogP contribution in [0.2, 0.25) is 0 Å². The van der Waals surface area contributed by atoms with Gasteiger partial charge in [0.15, 0.2) is 0 Å². The van der Waals surface area contributed by atoms with Crippen molar-refractivity contribution >= 4 is 30.0 Å². The Bertz CT molecular complexity index is 572. The number of carbonyl (C=O) groups excluding carboxylic acids is 2. The molecule has 24 heavy (non-hydrogen) atoms. The highest BCUT2D eigenvalue weighted by Gasteiger charge is 2.31. The summed E-state index contributed by atoms with van der Waals surface area (Å²) in [6.07, 6.45) is 1.51. The van der Waals surface area contributed by atoms with Crippen LogP contribution in [0.5, 0.6) is 0 Å². The first-order valence-corrected chi connectivity index (χ1v) is 7.94. The second-order valence-electron chi connectivity index (χ2n) is 6.06. The SMILES string of the molecule is Cl.O=C(Nc1ccc(F)cc1)NC1CCN(C(=O)C2CNC2)CC1. The van der Waals surface area contributed by atoms with Crippen LogP contribution in [0.15, 0.2) is 24.3 Å². The summed E-state index contributed by atoms with van der Waals surface area (Å²) >= 11 is 0. The number of piperidine rings is 1. The third-order valence-electron chi connectivity index (χ3n) is 4.37. The number of carbonyl (C=O) groups is 2. The first kappa shape index (κ1) is 18.5. The maximum atomic E-state index is 12.8. The first-order valence-electron chi connectivity index (χ1n) is 7.94. The number of rotatable bonds is 3. The fourth-order valence-electron chi connectivity index (χ4n) is 2.85. The number of nitrogens with zero attached hydrogens (tertiary/aromatic N) is 1. The van der Waals surface area contributed by atoms with Crippen molar-refractivity contribution in [2.45, 2.75) is 18.9 Å². The highest BCUT2D eigenvalue weighted by atomic mass is 35.5. The summed E-state index contributed by atoms with van der Waals surface area (Å²) in [6.45, 7) is 2.90. The van der Waals surface area contributed by atoms with Crippen molar-refractivity contribution in [1.29, 1.82) is 0 Å². The van der Waals surface area contributed by atoms with Gasteiger partial charge in [-0.3, -0.25) is 4.79 Å². The maximum Gasteiger partial charge on any atom is 0.319 e. The molecule has 0 aliphatic carbocycles. The van der Waals surface area contributed by atoms with Gasteiger partial charge in [-0.1, -0.05) is 0 Å². The van der Waals surface area contributed by atoms with E-state index in [1.54, 1.807) is 0 Å². The van der Waals surface area contributed by atoms with Gasteiger partial charge in [0, 0.05) is 37.9 Å². The predicted molar refractivity (Wildman–Crippen MR) is 91.8 cm³/mol. The zero-order valence-electron chi connectivity index (χ0n) is 13.3. The van der Waals surface area contributed by atoms with Crippen LogP contribution in [0, 0.1) is 11.7 Å². The summed E-state index contributed by atoms with van der Waals surface area (Å²) in [6, 6.07) is 5.39. The molecule has 0 saturated carbocycles. The number of halogens is 2. The molecule has 2 aliphatic rings. The molecule has 132 valence electrons. The van der Waals surface area contributed by atoms with Crippen molar-refractivity contribution in [1.82, 2.24) is 15.5 Å². The van der Waals surface area contributed by atoms with E-state index in [9.17, 15) is 14.0 Å². The molecule has 1 aromatic carbocycles. The molecule has 3 rings (SSSR count). The molecule has 3 amide bonds. The molecule has 2 saturated heterocycles. The van der Waals surface area contributed by atoms with Crippen LogP contribution in [0.3, 0.4) is 0 Å². The molecule has 0 bridgehead atoms. The minimum atomic E-state index is -0.338. The van der Waals surface area contributed by atoms with Gasteiger partial charge in [-0.2, -0.15) is 0 Å². The van der Waals surface area contributed by atoms with Crippen LogP contribution in [-0.4, -0.2) is 49.1 Å². The molecule has 0 radical (unpaired) electrons. The highest BCUT2D eigenvalue weighted by molar-refractivity contribution is 5.89. The third-order valence-corrected chi connectivity index (χ3v) is 4.37. The van der Waals surface area contributed by atoms with E-state index in [1.807, 2.05) is 4.90 Å². The summed E-state index contributed by atoms with van der Waals surface area (Å²) in [5.41, 5.74) is 0.550. The monoisotopic (exact) mass is 356 g/mol. The normalized spacial score (nSPS) is 18.3. The number of benzene rings is 1. The van der Waals surface area contributed by atoms with Crippen molar-refractivity contribution in [2.75, 3.05) is 31.5 Å². The summed E-state index contributed by atoms with van der Waals surface area (Å²) in [5, 5.41) is 8.69. The number of amides is 3. The van der Waals surface area contributed by atoms with Crippen molar-refractivity contribution in [3.8, 4) is 0 Å². The molecule has 0 atom stereocenters. The molecule has 2 heterocycles. The van der Waals surface area contributed by atoms with Crippen LogP contribution in [-0.2, 0) is 4.79 Å². The Morgan fingerprint density at radius 3 is 2.29 bits per heavy atom. The minimum Gasteiger partial charge on any atom is -0.342 e. The maximum absolute atomic E-state index is 12.8. The van der Waals surface area contributed by atoms with E-state index in [2.05, 4.69) is 16.0 Å². The quantitative estimate of drug-likeness (QED) is 0.770. The van der Waals surface area contributed by atoms with E-state index in [0.29, 0.717) is 18.8 Å². The Labute approximate surface area is 146 Å². The fourth-order valence-corrected chi connectivity index (χ4v) is 2.85. The van der Waals surface area contributed by atoms with Crippen LogP contribution < -0.4 is 16.0 Å². The molecular formula is C16H22ClFN4O2. The van der Waals surface area contributed by atoms with E-state index in [1.165, 1.54) is 24.3 Å². The second-order valence-corrected chi connectivity index (χ2v) is 6.06. The zero-order chi connectivity index (χ0) is 16.2. The Hall–Kier alpha value is -1.86. The lowest BCUT2D eigenvalue weighted by molar-refractivity contribution is -0.138. The van der Waals surface area contributed by atoms with E-state index in [0.717, 1.165) is 25.9 Å². The largest absolute Gasteiger partial charge is 0.342 e. The molecule has 6 nitrogen and oxygen atoms in total. The van der Waals surface area contributed by atoms with E-state index >= 15 is 0 Å². The van der Waals surface area contributed by atoms with Gasteiger partial charge in [0.05, 0.1) is 5.92 Å². The summed E-state index contributed by atoms with van der Waals surface area (Å²) in [7, 11) is 0. The van der Waals surface area contributed by atoms with E-state index in [4.69, 9.17) is 0 Å². The van der Waals surface area contributed by atoms with Crippen LogP contribution in [0.1, 0.15) is 12.8 Å². The first-order chi connectivity index (χ1) is 11.1. The standard InChI is InChI=1S/C16H21FN4O2.ClH/c17-12-1-3-13(4-2-12)19-16(23)20-14-5-7-21(8-6-14)15(22)11-9-18-10-11;/h1-4,11,14,18H,5-10H2,(H2,19,20,23);1H. The van der Waals surface area contributed by atoms with Crippen LogP contribution in [0.4, 0.5) is 14.9 Å². The van der Waals surface area contributed by atoms with Gasteiger partial charge in [-0.05, 0) is 37.1 Å². The van der Waals surface area contributed by atoms with Crippen molar-refractivity contribution in [3.05, 3.63) is 30.1 Å². The smallest absolute Gasteiger partial charge is 0.319 e. The highest BCUT2D eigenvalue weighted by Crippen LogP contribution is 2.16. The van der Waals surface area contributed by atoms with Gasteiger partial charge < -0.3 is 20.9 Å². The van der Waals surface area contributed by atoms with E-state index < -0.39 is 0 Å². The molecule has 2 fully saturated rings. The number of hydrogen-bond acceptors (Lipinski definition) is 3. The summed E-state index contributed by atoms with van der Waals surface area (Å²) in [4.78, 5) is 26.0.